The predicted molar refractivity (Wildman–Crippen MR) is 61.6 cm³/mol. The van der Waals surface area contributed by atoms with Crippen molar-refractivity contribution < 1.29 is 22.8 Å². The van der Waals surface area contributed by atoms with Gasteiger partial charge in [-0.2, -0.15) is 13.2 Å². The molecular weight excluding hydrogens is 275 g/mol. The summed E-state index contributed by atoms with van der Waals surface area (Å²) in [7, 11) is 0. The first-order valence-electron chi connectivity index (χ1n) is 6.00. The molecule has 1 aromatic heterocycles. The van der Waals surface area contributed by atoms with E-state index in [1.165, 1.54) is 12.1 Å². The minimum absolute atomic E-state index is 0.134. The molecule has 0 bridgehead atoms. The zero-order valence-electron chi connectivity index (χ0n) is 10.1. The lowest BCUT2D eigenvalue weighted by Crippen LogP contribution is -2.32. The van der Waals surface area contributed by atoms with Crippen molar-refractivity contribution in [3.05, 3.63) is 23.9 Å². The van der Waals surface area contributed by atoms with Crippen molar-refractivity contribution >= 4 is 17.6 Å². The summed E-state index contributed by atoms with van der Waals surface area (Å²) in [5, 5.41) is 2.22. The van der Waals surface area contributed by atoms with E-state index in [1.807, 2.05) is 0 Å². The van der Waals surface area contributed by atoms with Crippen LogP contribution >= 0.6 is 0 Å². The van der Waals surface area contributed by atoms with Crippen LogP contribution in [0.25, 0.3) is 0 Å². The van der Waals surface area contributed by atoms with Gasteiger partial charge in [-0.3, -0.25) is 14.9 Å². The Kier molecular flexibility index (Phi) is 2.70. The van der Waals surface area contributed by atoms with Gasteiger partial charge in [0, 0.05) is 13.1 Å². The zero-order chi connectivity index (χ0) is 14.5. The van der Waals surface area contributed by atoms with E-state index in [0.717, 1.165) is 6.07 Å². The molecule has 2 fully saturated rings. The number of hydrogen-bond acceptors (Lipinski definition) is 4. The number of nitrogens with zero attached hydrogens (tertiary/aromatic N) is 2. The minimum Gasteiger partial charge on any atom is -0.355 e. The van der Waals surface area contributed by atoms with Crippen molar-refractivity contribution in [2.45, 2.75) is 6.18 Å². The van der Waals surface area contributed by atoms with Gasteiger partial charge in [0.05, 0.1) is 11.8 Å². The second kappa shape index (κ2) is 4.19. The molecule has 0 aliphatic carbocycles. The number of hydrogen-bond donors (Lipinski definition) is 1. The lowest BCUT2D eigenvalue weighted by atomic mass is 10.00. The Balaban J connectivity index is 1.85. The lowest BCUT2D eigenvalue weighted by Gasteiger charge is -2.19. The van der Waals surface area contributed by atoms with Crippen LogP contribution in [-0.2, 0) is 15.8 Å². The van der Waals surface area contributed by atoms with Crippen LogP contribution in [0.15, 0.2) is 18.2 Å². The molecule has 2 aliphatic heterocycles. The molecule has 2 saturated heterocycles. The van der Waals surface area contributed by atoms with Gasteiger partial charge in [-0.25, -0.2) is 4.98 Å². The van der Waals surface area contributed by atoms with Crippen LogP contribution in [0.4, 0.5) is 19.0 Å². The summed E-state index contributed by atoms with van der Waals surface area (Å²) < 4.78 is 37.8. The van der Waals surface area contributed by atoms with E-state index in [1.54, 1.807) is 4.90 Å². The number of imide groups is 1. The second-order valence-electron chi connectivity index (χ2n) is 4.85. The number of carbonyl (C=O) groups is 2. The molecule has 1 aromatic rings. The number of fused-ring (bicyclic) bond motifs is 1. The van der Waals surface area contributed by atoms with E-state index < -0.39 is 23.7 Å². The highest BCUT2D eigenvalue weighted by Crippen LogP contribution is 2.33. The van der Waals surface area contributed by atoms with Crippen LogP contribution in [0.1, 0.15) is 5.69 Å². The Hall–Kier alpha value is -2.12. The summed E-state index contributed by atoms with van der Waals surface area (Å²) in [4.78, 5) is 28.1. The highest BCUT2D eigenvalue weighted by atomic mass is 19.4. The van der Waals surface area contributed by atoms with Gasteiger partial charge in [0.2, 0.25) is 11.8 Å². The highest BCUT2D eigenvalue weighted by molar-refractivity contribution is 6.06. The van der Waals surface area contributed by atoms with Crippen LogP contribution < -0.4 is 10.2 Å². The number of halogens is 3. The molecular formula is C12H10F3N3O2. The second-order valence-corrected chi connectivity index (χ2v) is 4.85. The SMILES string of the molecule is O=C1NC(=O)[C@@H]2CN(c3cccc(C(F)(F)F)n3)C[C@H]12. The summed E-state index contributed by atoms with van der Waals surface area (Å²) in [6.07, 6.45) is -4.52. The number of aromatic nitrogens is 1. The van der Waals surface area contributed by atoms with Gasteiger partial charge in [-0.05, 0) is 12.1 Å². The fourth-order valence-corrected chi connectivity index (χ4v) is 2.59. The van der Waals surface area contributed by atoms with Crippen molar-refractivity contribution in [3.8, 4) is 0 Å². The van der Waals surface area contributed by atoms with Crippen molar-refractivity contribution in [1.82, 2.24) is 10.3 Å². The van der Waals surface area contributed by atoms with E-state index in [-0.39, 0.29) is 30.7 Å². The number of alkyl halides is 3. The van der Waals surface area contributed by atoms with Crippen molar-refractivity contribution in [3.63, 3.8) is 0 Å². The van der Waals surface area contributed by atoms with Crippen LogP contribution in [-0.4, -0.2) is 29.9 Å². The summed E-state index contributed by atoms with van der Waals surface area (Å²) >= 11 is 0. The molecule has 0 radical (unpaired) electrons. The Morgan fingerprint density at radius 3 is 2.30 bits per heavy atom. The molecule has 2 atom stereocenters. The van der Waals surface area contributed by atoms with Gasteiger partial charge in [-0.1, -0.05) is 6.07 Å². The molecule has 1 N–H and O–H groups in total. The minimum atomic E-state index is -4.52. The molecule has 2 aliphatic rings. The monoisotopic (exact) mass is 285 g/mol. The molecule has 8 heteroatoms. The Bertz CT molecular complexity index is 566. The molecule has 0 aromatic carbocycles. The summed E-state index contributed by atoms with van der Waals surface area (Å²) in [6.45, 7) is 0.410. The van der Waals surface area contributed by atoms with Gasteiger partial charge >= 0.3 is 6.18 Å². The molecule has 3 rings (SSSR count). The topological polar surface area (TPSA) is 62.3 Å². The fraction of sp³-hybridized carbons (Fsp3) is 0.417. The average Bonchev–Trinajstić information content (AvgIpc) is 2.92. The summed E-state index contributed by atoms with van der Waals surface area (Å²) in [6, 6.07) is 3.60. The van der Waals surface area contributed by atoms with Gasteiger partial charge in [-0.15, -0.1) is 0 Å². The van der Waals surface area contributed by atoms with Gasteiger partial charge < -0.3 is 4.90 Å². The predicted octanol–water partition coefficient (Wildman–Crippen LogP) is 0.809. The number of nitrogens with one attached hydrogen (secondary N) is 1. The van der Waals surface area contributed by atoms with E-state index >= 15 is 0 Å². The van der Waals surface area contributed by atoms with Crippen molar-refractivity contribution in [1.29, 1.82) is 0 Å². The number of pyridine rings is 1. The lowest BCUT2D eigenvalue weighted by molar-refractivity contribution is -0.141. The molecule has 3 heterocycles. The highest BCUT2D eigenvalue weighted by Gasteiger charge is 2.48. The third kappa shape index (κ3) is 2.00. The molecule has 0 saturated carbocycles. The first-order valence-corrected chi connectivity index (χ1v) is 6.00. The number of carbonyl (C=O) groups excluding carboxylic acids is 2. The largest absolute Gasteiger partial charge is 0.433 e. The molecule has 2 amide bonds. The molecule has 106 valence electrons. The quantitative estimate of drug-likeness (QED) is 0.776. The maximum absolute atomic E-state index is 12.6. The Morgan fingerprint density at radius 2 is 1.75 bits per heavy atom. The van der Waals surface area contributed by atoms with Crippen LogP contribution in [0.5, 0.6) is 0 Å². The van der Waals surface area contributed by atoms with E-state index in [4.69, 9.17) is 0 Å². The average molecular weight is 285 g/mol. The fourth-order valence-electron chi connectivity index (χ4n) is 2.59. The van der Waals surface area contributed by atoms with E-state index in [0.29, 0.717) is 0 Å². The van der Waals surface area contributed by atoms with Crippen molar-refractivity contribution in [2.75, 3.05) is 18.0 Å². The molecule has 0 unspecified atom stereocenters. The maximum Gasteiger partial charge on any atom is 0.433 e. The molecule has 5 nitrogen and oxygen atoms in total. The third-order valence-electron chi connectivity index (χ3n) is 3.59. The summed E-state index contributed by atoms with van der Waals surface area (Å²) in [5.74, 6) is -1.60. The van der Waals surface area contributed by atoms with Crippen LogP contribution in [0.2, 0.25) is 0 Å². The van der Waals surface area contributed by atoms with Gasteiger partial charge in [0.15, 0.2) is 0 Å². The van der Waals surface area contributed by atoms with Crippen LogP contribution in [0, 0.1) is 11.8 Å². The zero-order valence-corrected chi connectivity index (χ0v) is 10.1. The Morgan fingerprint density at radius 1 is 1.15 bits per heavy atom. The van der Waals surface area contributed by atoms with E-state index in [2.05, 4.69) is 10.3 Å². The maximum atomic E-state index is 12.6. The van der Waals surface area contributed by atoms with Crippen molar-refractivity contribution in [2.24, 2.45) is 11.8 Å². The smallest absolute Gasteiger partial charge is 0.355 e. The first kappa shape index (κ1) is 12.9. The first-order chi connectivity index (χ1) is 9.36. The normalized spacial score (nSPS) is 25.9. The van der Waals surface area contributed by atoms with Crippen LogP contribution in [0.3, 0.4) is 0 Å². The summed E-state index contributed by atoms with van der Waals surface area (Å²) in [5.41, 5.74) is -0.983. The van der Waals surface area contributed by atoms with E-state index in [9.17, 15) is 22.8 Å². The third-order valence-corrected chi connectivity index (χ3v) is 3.59. The molecule has 0 spiro atoms. The van der Waals surface area contributed by atoms with Gasteiger partial charge in [0.1, 0.15) is 11.5 Å². The number of rotatable bonds is 1. The standard InChI is InChI=1S/C12H10F3N3O2/c13-12(14,15)8-2-1-3-9(16-8)18-4-6-7(5-18)11(20)17-10(6)19/h1-3,6-7H,4-5H2,(H,17,19,20)/t6-,7+. The number of amides is 2. The Labute approximate surface area is 111 Å². The van der Waals surface area contributed by atoms with Gasteiger partial charge in [0.25, 0.3) is 0 Å². The molecule has 20 heavy (non-hydrogen) atoms. The number of anilines is 1.